The number of alkyl halides is 1. The Kier molecular flexibility index (Phi) is 10.9. The molecule has 1 unspecified atom stereocenters. The average Bonchev–Trinajstić information content (AvgIpc) is 2.81. The van der Waals surface area contributed by atoms with Crippen molar-refractivity contribution in [2.45, 2.75) is 58.4 Å². The summed E-state index contributed by atoms with van der Waals surface area (Å²) in [5.41, 5.74) is 5.29. The molecule has 180 valence electrons. The lowest BCUT2D eigenvalue weighted by atomic mass is 9.80. The van der Waals surface area contributed by atoms with Crippen LogP contribution in [-0.2, 0) is 0 Å². The maximum Gasteiger partial charge on any atom is 0.252 e. The summed E-state index contributed by atoms with van der Waals surface area (Å²) >= 11 is 6.06. The summed E-state index contributed by atoms with van der Waals surface area (Å²) in [4.78, 5) is 19.6. The van der Waals surface area contributed by atoms with E-state index in [-0.39, 0.29) is 23.2 Å². The Labute approximate surface area is 197 Å². The number of anilines is 3. The van der Waals surface area contributed by atoms with Gasteiger partial charge in [-0.2, -0.15) is 5.26 Å². The van der Waals surface area contributed by atoms with Crippen LogP contribution in [0.1, 0.15) is 56.5 Å². The van der Waals surface area contributed by atoms with E-state index in [4.69, 9.17) is 32.8 Å². The number of rotatable bonds is 6. The fourth-order valence-electron chi connectivity index (χ4n) is 2.53. The number of hydrogen-bond donors (Lipinski definition) is 5. The Morgan fingerprint density at radius 2 is 2.06 bits per heavy atom. The molecule has 3 rings (SSSR count). The molecule has 0 bridgehead atoms. The van der Waals surface area contributed by atoms with Gasteiger partial charge in [0.05, 0.1) is 34.0 Å². The van der Waals surface area contributed by atoms with Crippen LogP contribution < -0.4 is 16.4 Å². The maximum absolute atomic E-state index is 12.0. The van der Waals surface area contributed by atoms with E-state index in [1.807, 2.05) is 19.9 Å². The summed E-state index contributed by atoms with van der Waals surface area (Å²) < 4.78 is 12.0. The van der Waals surface area contributed by atoms with Gasteiger partial charge in [0.1, 0.15) is 23.9 Å². The predicted octanol–water partition coefficient (Wildman–Crippen LogP) is 3.53. The topological polar surface area (TPSA) is 157 Å². The zero-order valence-electron chi connectivity index (χ0n) is 19.1. The number of carbonyl (C=O) groups excluding carboxylic acids is 1. The van der Waals surface area contributed by atoms with Crippen LogP contribution in [-0.4, -0.2) is 50.5 Å². The second-order valence-electron chi connectivity index (χ2n) is 7.36. The van der Waals surface area contributed by atoms with Gasteiger partial charge in [0.25, 0.3) is 5.91 Å². The summed E-state index contributed by atoms with van der Waals surface area (Å²) in [6, 6.07) is 4.69. The summed E-state index contributed by atoms with van der Waals surface area (Å²) in [5, 5.41) is 32.9. The molecule has 9 nitrogen and oxygen atoms in total. The molecule has 1 aliphatic carbocycles. The Balaban J connectivity index is 0.000000508. The highest BCUT2D eigenvalue weighted by atomic mass is 35.5. The molecule has 0 saturated heterocycles. The lowest BCUT2D eigenvalue weighted by Crippen LogP contribution is -2.45. The molecule has 6 N–H and O–H groups in total. The molecular weight excluding hydrogens is 451 g/mol. The van der Waals surface area contributed by atoms with Crippen LogP contribution in [0.25, 0.3) is 0 Å². The third-order valence-corrected chi connectivity index (χ3v) is 4.93. The second kappa shape index (κ2) is 12.9. The van der Waals surface area contributed by atoms with Crippen LogP contribution in [0.4, 0.5) is 21.7 Å². The van der Waals surface area contributed by atoms with Gasteiger partial charge < -0.3 is 26.6 Å². The van der Waals surface area contributed by atoms with Crippen molar-refractivity contribution in [2.24, 2.45) is 5.73 Å². The molecule has 2 aromatic heterocycles. The summed E-state index contributed by atoms with van der Waals surface area (Å²) in [6.07, 6.45) is 2.88. The zero-order valence-corrected chi connectivity index (χ0v) is 19.8. The van der Waals surface area contributed by atoms with Crippen molar-refractivity contribution in [3.8, 4) is 6.07 Å². The van der Waals surface area contributed by atoms with Crippen LogP contribution in [0.5, 0.6) is 0 Å². The zero-order chi connectivity index (χ0) is 25.2. The lowest BCUT2D eigenvalue weighted by Gasteiger charge is -2.36. The van der Waals surface area contributed by atoms with Crippen molar-refractivity contribution in [1.82, 2.24) is 9.97 Å². The monoisotopic (exact) mass is 480 g/mol. The first kappa shape index (κ1) is 28.0. The number of nitrogens with two attached hydrogens (primary N) is 1. The molecule has 1 amide bonds. The molecule has 1 fully saturated rings. The molecule has 3 atom stereocenters. The van der Waals surface area contributed by atoms with Crippen molar-refractivity contribution in [1.29, 1.82) is 5.26 Å². The van der Waals surface area contributed by atoms with Crippen molar-refractivity contribution in [2.75, 3.05) is 17.2 Å². The number of amides is 1. The highest BCUT2D eigenvalue weighted by Gasteiger charge is 2.41. The minimum Gasteiger partial charge on any atom is -0.394 e. The standard InChI is InChI=1S/C15H15ClN6O2.C5H9FO.C2H6/c1-8(7-23)21-12-3-13(19-6-10(12)14(18)24)22-15-11(16)2-9(4-17)5-20-15;1-5(7)3-2-4(5)6;1-2/h2-3,5-6,8,23H,7H2,1H3,(H2,18,24)(H2,19,20,21,22);4,7H,2-3H2,1H3;1-2H3/t8-;4-,5?;/m01./s1. The first-order chi connectivity index (χ1) is 15.6. The largest absolute Gasteiger partial charge is 0.394 e. The number of carbonyl (C=O) groups is 1. The quantitative estimate of drug-likeness (QED) is 0.420. The number of hydrogen-bond acceptors (Lipinski definition) is 8. The number of aromatic nitrogens is 2. The Morgan fingerprint density at radius 1 is 1.42 bits per heavy atom. The second-order valence-corrected chi connectivity index (χ2v) is 7.77. The third kappa shape index (κ3) is 8.13. The Bertz CT molecular complexity index is 983. The first-order valence-corrected chi connectivity index (χ1v) is 10.8. The van der Waals surface area contributed by atoms with E-state index in [0.717, 1.165) is 0 Å². The van der Waals surface area contributed by atoms with E-state index < -0.39 is 17.7 Å². The summed E-state index contributed by atoms with van der Waals surface area (Å²) in [7, 11) is 0. The van der Waals surface area contributed by atoms with Gasteiger partial charge in [-0.25, -0.2) is 14.4 Å². The van der Waals surface area contributed by atoms with Gasteiger partial charge in [-0.05, 0) is 32.8 Å². The number of nitrogens with one attached hydrogen (secondary N) is 2. The number of primary amides is 1. The molecule has 0 aliphatic heterocycles. The normalized spacial score (nSPS) is 19.3. The minimum atomic E-state index is -0.986. The molecule has 11 heteroatoms. The summed E-state index contributed by atoms with van der Waals surface area (Å²) in [6.45, 7) is 7.16. The summed E-state index contributed by atoms with van der Waals surface area (Å²) in [5.74, 6) is 0.0408. The molecule has 2 aromatic rings. The molecule has 33 heavy (non-hydrogen) atoms. The van der Waals surface area contributed by atoms with E-state index in [1.165, 1.54) is 25.4 Å². The third-order valence-electron chi connectivity index (χ3n) is 4.64. The van der Waals surface area contributed by atoms with Crippen molar-refractivity contribution >= 4 is 34.8 Å². The van der Waals surface area contributed by atoms with Gasteiger partial charge >= 0.3 is 0 Å². The van der Waals surface area contributed by atoms with E-state index in [0.29, 0.717) is 35.7 Å². The Morgan fingerprint density at radius 3 is 2.48 bits per heavy atom. The number of nitrogens with zero attached hydrogens (tertiary/aromatic N) is 3. The van der Waals surface area contributed by atoms with Gasteiger partial charge in [-0.1, -0.05) is 25.4 Å². The van der Waals surface area contributed by atoms with Gasteiger partial charge in [-0.15, -0.1) is 0 Å². The number of halogens is 2. The number of aliphatic hydroxyl groups excluding tert-OH is 1. The smallest absolute Gasteiger partial charge is 0.252 e. The average molecular weight is 481 g/mol. The van der Waals surface area contributed by atoms with Crippen LogP contribution in [0.15, 0.2) is 24.5 Å². The molecule has 0 aromatic carbocycles. The SMILES string of the molecule is CC.CC1(O)CC[C@H]1F.C[C@@H](CO)Nc1cc(Nc2ncc(C#N)cc2Cl)ncc1C(N)=O. The number of nitriles is 1. The van der Waals surface area contributed by atoms with Crippen LogP contribution in [0.2, 0.25) is 5.02 Å². The predicted molar refractivity (Wildman–Crippen MR) is 126 cm³/mol. The molecule has 0 spiro atoms. The van der Waals surface area contributed by atoms with Gasteiger partial charge in [0.15, 0.2) is 0 Å². The highest BCUT2D eigenvalue weighted by molar-refractivity contribution is 6.33. The van der Waals surface area contributed by atoms with Crippen LogP contribution in [0, 0.1) is 11.3 Å². The highest BCUT2D eigenvalue weighted by Crippen LogP contribution is 2.33. The molecule has 1 aliphatic rings. The van der Waals surface area contributed by atoms with E-state index in [9.17, 15) is 9.18 Å². The molecule has 1 saturated carbocycles. The van der Waals surface area contributed by atoms with Crippen molar-refractivity contribution in [3.63, 3.8) is 0 Å². The number of aliphatic hydroxyl groups is 2. The molecule has 0 radical (unpaired) electrons. The van der Waals surface area contributed by atoms with Crippen LogP contribution in [0.3, 0.4) is 0 Å². The molecular formula is C22H30ClFN6O3. The first-order valence-electron chi connectivity index (χ1n) is 10.4. The maximum atomic E-state index is 12.0. The lowest BCUT2D eigenvalue weighted by molar-refractivity contribution is -0.0919. The van der Waals surface area contributed by atoms with Gasteiger partial charge in [0, 0.05) is 24.5 Å². The van der Waals surface area contributed by atoms with E-state index in [2.05, 4.69) is 20.6 Å². The Hall–Kier alpha value is -3.00. The van der Waals surface area contributed by atoms with Crippen LogP contribution >= 0.6 is 11.6 Å². The van der Waals surface area contributed by atoms with E-state index >= 15 is 0 Å². The van der Waals surface area contributed by atoms with Gasteiger partial charge in [-0.3, -0.25) is 4.79 Å². The molecule has 2 heterocycles. The van der Waals surface area contributed by atoms with E-state index in [1.54, 1.807) is 13.0 Å². The van der Waals surface area contributed by atoms with Crippen molar-refractivity contribution in [3.05, 3.63) is 40.7 Å². The number of pyridine rings is 2. The minimum absolute atomic E-state index is 0.119. The van der Waals surface area contributed by atoms with Crippen molar-refractivity contribution < 1.29 is 19.4 Å². The van der Waals surface area contributed by atoms with Gasteiger partial charge in [0.2, 0.25) is 0 Å². The fourth-order valence-corrected chi connectivity index (χ4v) is 2.75. The fraction of sp³-hybridized carbons (Fsp3) is 0.455.